The second kappa shape index (κ2) is 4.31. The molecule has 0 spiro atoms. The minimum atomic E-state index is -0.135. The number of hydrogen-bond donors (Lipinski definition) is 3. The molecule has 2 aromatic rings. The lowest BCUT2D eigenvalue weighted by atomic mass is 10.3. The van der Waals surface area contributed by atoms with E-state index in [1.165, 1.54) is 0 Å². The number of aromatic nitrogens is 5. The van der Waals surface area contributed by atoms with Gasteiger partial charge < -0.3 is 11.1 Å². The van der Waals surface area contributed by atoms with Crippen LogP contribution < -0.4 is 11.1 Å². The summed E-state index contributed by atoms with van der Waals surface area (Å²) in [5.41, 5.74) is 6.18. The van der Waals surface area contributed by atoms with E-state index in [9.17, 15) is 0 Å². The number of hydrogen-bond acceptors (Lipinski definition) is 6. The highest BCUT2D eigenvalue weighted by atomic mass is 35.5. The van der Waals surface area contributed by atoms with Gasteiger partial charge in [-0.3, -0.25) is 0 Å². The zero-order valence-corrected chi connectivity index (χ0v) is 9.23. The van der Waals surface area contributed by atoms with Crippen molar-refractivity contribution in [2.75, 3.05) is 11.1 Å². The van der Waals surface area contributed by atoms with Crippen LogP contribution in [0, 0.1) is 0 Å². The van der Waals surface area contributed by atoms with Crippen molar-refractivity contribution in [3.63, 3.8) is 0 Å². The van der Waals surface area contributed by atoms with Crippen LogP contribution in [0.3, 0.4) is 0 Å². The Bertz CT molecular complexity index is 449. The predicted molar refractivity (Wildman–Crippen MR) is 59.9 cm³/mol. The molecular formula is C8H10ClN7. The van der Waals surface area contributed by atoms with Crippen molar-refractivity contribution in [3.8, 4) is 0 Å². The van der Waals surface area contributed by atoms with E-state index in [1.807, 2.05) is 6.92 Å². The first-order valence-corrected chi connectivity index (χ1v) is 4.96. The Balaban J connectivity index is 2.15. The Kier molecular flexibility index (Phi) is 2.86. The van der Waals surface area contributed by atoms with Crippen LogP contribution in [0.25, 0.3) is 0 Å². The second-order valence-electron chi connectivity index (χ2n) is 3.24. The lowest BCUT2D eigenvalue weighted by Crippen LogP contribution is -2.10. The number of halogens is 1. The molecule has 0 aliphatic heterocycles. The van der Waals surface area contributed by atoms with Gasteiger partial charge in [0.2, 0.25) is 0 Å². The third kappa shape index (κ3) is 2.37. The molecule has 8 heteroatoms. The van der Waals surface area contributed by atoms with E-state index < -0.39 is 0 Å². The maximum atomic E-state index is 5.78. The summed E-state index contributed by atoms with van der Waals surface area (Å²) in [6, 6.07) is 3.12. The van der Waals surface area contributed by atoms with Crippen LogP contribution in [0.2, 0.25) is 5.15 Å². The Morgan fingerprint density at radius 2 is 2.31 bits per heavy atom. The van der Waals surface area contributed by atoms with Gasteiger partial charge in [-0.15, -0.1) is 10.2 Å². The Hall–Kier alpha value is -1.89. The van der Waals surface area contributed by atoms with Crippen molar-refractivity contribution in [2.45, 2.75) is 13.0 Å². The number of pyridine rings is 1. The molecule has 2 aromatic heterocycles. The predicted octanol–water partition coefficient (Wildman–Crippen LogP) is 1.00. The number of nitrogens with two attached hydrogens (primary N) is 1. The summed E-state index contributed by atoms with van der Waals surface area (Å²) in [7, 11) is 0. The maximum absolute atomic E-state index is 5.78. The van der Waals surface area contributed by atoms with Gasteiger partial charge in [0.1, 0.15) is 11.0 Å². The third-order valence-corrected chi connectivity index (χ3v) is 2.12. The van der Waals surface area contributed by atoms with Crippen molar-refractivity contribution in [2.24, 2.45) is 0 Å². The number of tetrazole rings is 1. The molecular weight excluding hydrogens is 230 g/mol. The SMILES string of the molecule is CC(Nc1cc(N)cc(Cl)n1)c1nn[nH]n1. The van der Waals surface area contributed by atoms with E-state index in [0.29, 0.717) is 22.5 Å². The van der Waals surface area contributed by atoms with Crippen molar-refractivity contribution in [3.05, 3.63) is 23.1 Å². The smallest absolute Gasteiger partial charge is 0.196 e. The topological polar surface area (TPSA) is 105 Å². The van der Waals surface area contributed by atoms with Crippen LogP contribution in [-0.2, 0) is 0 Å². The van der Waals surface area contributed by atoms with E-state index in [1.54, 1.807) is 12.1 Å². The average Bonchev–Trinajstić information content (AvgIpc) is 2.68. The molecule has 1 atom stereocenters. The van der Waals surface area contributed by atoms with Gasteiger partial charge in [-0.1, -0.05) is 16.8 Å². The van der Waals surface area contributed by atoms with Crippen LogP contribution in [-0.4, -0.2) is 25.6 Å². The first kappa shape index (κ1) is 10.6. The van der Waals surface area contributed by atoms with Crippen LogP contribution in [0.1, 0.15) is 18.8 Å². The van der Waals surface area contributed by atoms with E-state index in [2.05, 4.69) is 30.9 Å². The lowest BCUT2D eigenvalue weighted by molar-refractivity contribution is 0.788. The van der Waals surface area contributed by atoms with Crippen molar-refractivity contribution >= 4 is 23.1 Å². The number of nitrogens with one attached hydrogen (secondary N) is 2. The molecule has 0 bridgehead atoms. The first-order valence-electron chi connectivity index (χ1n) is 4.58. The largest absolute Gasteiger partial charge is 0.399 e. The molecule has 0 aliphatic carbocycles. The number of anilines is 2. The van der Waals surface area contributed by atoms with E-state index in [0.717, 1.165) is 0 Å². The van der Waals surface area contributed by atoms with Crippen LogP contribution in [0.4, 0.5) is 11.5 Å². The fourth-order valence-corrected chi connectivity index (χ4v) is 1.45. The molecule has 0 saturated carbocycles. The minimum absolute atomic E-state index is 0.135. The monoisotopic (exact) mass is 239 g/mol. The van der Waals surface area contributed by atoms with Gasteiger partial charge in [0.25, 0.3) is 0 Å². The van der Waals surface area contributed by atoms with Gasteiger partial charge in [0.15, 0.2) is 5.82 Å². The molecule has 0 fully saturated rings. The van der Waals surface area contributed by atoms with Crippen molar-refractivity contribution < 1.29 is 0 Å². The van der Waals surface area contributed by atoms with Gasteiger partial charge in [0, 0.05) is 11.8 Å². The Morgan fingerprint density at radius 3 is 2.94 bits per heavy atom. The summed E-state index contributed by atoms with van der Waals surface area (Å²) in [6.07, 6.45) is 0. The summed E-state index contributed by atoms with van der Waals surface area (Å²) in [5.74, 6) is 1.11. The average molecular weight is 240 g/mol. The normalized spacial score (nSPS) is 12.4. The molecule has 16 heavy (non-hydrogen) atoms. The highest BCUT2D eigenvalue weighted by molar-refractivity contribution is 6.29. The number of rotatable bonds is 3. The van der Waals surface area contributed by atoms with Gasteiger partial charge in [-0.2, -0.15) is 5.21 Å². The zero-order chi connectivity index (χ0) is 11.5. The summed E-state index contributed by atoms with van der Waals surface area (Å²) in [6.45, 7) is 1.88. The van der Waals surface area contributed by atoms with Gasteiger partial charge in [-0.25, -0.2) is 4.98 Å². The maximum Gasteiger partial charge on any atom is 0.196 e. The summed E-state index contributed by atoms with van der Waals surface area (Å²) >= 11 is 5.78. The molecule has 7 nitrogen and oxygen atoms in total. The molecule has 2 heterocycles. The fraction of sp³-hybridized carbons (Fsp3) is 0.250. The lowest BCUT2D eigenvalue weighted by Gasteiger charge is -2.11. The number of nitrogens with zero attached hydrogens (tertiary/aromatic N) is 4. The molecule has 4 N–H and O–H groups in total. The second-order valence-corrected chi connectivity index (χ2v) is 3.63. The Labute approximate surface area is 96.4 Å². The molecule has 0 amide bonds. The van der Waals surface area contributed by atoms with Crippen LogP contribution in [0.5, 0.6) is 0 Å². The summed E-state index contributed by atoms with van der Waals surface area (Å²) < 4.78 is 0. The van der Waals surface area contributed by atoms with Gasteiger partial charge in [0.05, 0.1) is 6.04 Å². The number of nitrogen functional groups attached to an aromatic ring is 1. The Morgan fingerprint density at radius 1 is 1.50 bits per heavy atom. The third-order valence-electron chi connectivity index (χ3n) is 1.93. The quantitative estimate of drug-likeness (QED) is 0.690. The molecule has 0 saturated heterocycles. The molecule has 0 aliphatic rings. The van der Waals surface area contributed by atoms with Crippen LogP contribution >= 0.6 is 11.6 Å². The van der Waals surface area contributed by atoms with Crippen LogP contribution in [0.15, 0.2) is 12.1 Å². The molecule has 1 unspecified atom stereocenters. The fourth-order valence-electron chi connectivity index (χ4n) is 1.23. The zero-order valence-electron chi connectivity index (χ0n) is 8.48. The molecule has 2 rings (SSSR count). The first-order chi connectivity index (χ1) is 7.65. The van der Waals surface area contributed by atoms with Gasteiger partial charge >= 0.3 is 0 Å². The number of aromatic amines is 1. The molecule has 84 valence electrons. The number of H-pyrrole nitrogens is 1. The van der Waals surface area contributed by atoms with Crippen molar-refractivity contribution in [1.29, 1.82) is 0 Å². The molecule has 0 radical (unpaired) electrons. The van der Waals surface area contributed by atoms with E-state index in [-0.39, 0.29) is 6.04 Å². The van der Waals surface area contributed by atoms with Gasteiger partial charge in [-0.05, 0) is 13.0 Å². The standard InChI is InChI=1S/C8H10ClN7/c1-4(8-13-15-16-14-8)11-7-3-5(10)2-6(9)12-7/h2-4H,1H3,(H3,10,11,12)(H,13,14,15,16). The van der Waals surface area contributed by atoms with Crippen molar-refractivity contribution in [1.82, 2.24) is 25.6 Å². The summed E-state index contributed by atoms with van der Waals surface area (Å²) in [4.78, 5) is 4.07. The minimum Gasteiger partial charge on any atom is -0.399 e. The summed E-state index contributed by atoms with van der Waals surface area (Å²) in [5, 5.41) is 17.0. The van der Waals surface area contributed by atoms with E-state index >= 15 is 0 Å². The van der Waals surface area contributed by atoms with E-state index in [4.69, 9.17) is 17.3 Å². The highest BCUT2D eigenvalue weighted by Gasteiger charge is 2.10. The highest BCUT2D eigenvalue weighted by Crippen LogP contribution is 2.19. The molecule has 0 aromatic carbocycles.